The number of aliphatic hydroxyl groups is 3. The summed E-state index contributed by atoms with van der Waals surface area (Å²) in [6, 6.07) is -0.934. The first-order valence-electron chi connectivity index (χ1n) is 9.58. The molecular weight excluding hydrogens is 392 g/mol. The highest BCUT2D eigenvalue weighted by Crippen LogP contribution is 2.31. The summed E-state index contributed by atoms with van der Waals surface area (Å²) in [5.74, 6) is 0.350. The van der Waals surface area contributed by atoms with E-state index in [-0.39, 0.29) is 11.9 Å². The molecule has 7 nitrogen and oxygen atoms in total. The number of ether oxygens (including phenoxy) is 1. The molecule has 2 fully saturated rings. The topological polar surface area (TPSA) is 102 Å². The van der Waals surface area contributed by atoms with Crippen LogP contribution in [0.5, 0.6) is 0 Å². The maximum absolute atomic E-state index is 12.9. The van der Waals surface area contributed by atoms with Crippen LogP contribution >= 0.6 is 23.4 Å². The number of aliphatic hydroxyl groups excluding tert-OH is 3. The Morgan fingerprint density at radius 1 is 1.33 bits per heavy atom. The fraction of sp³-hybridized carbons (Fsp3) is 0.944. The molecule has 1 amide bonds. The summed E-state index contributed by atoms with van der Waals surface area (Å²) in [5, 5.41) is 33.0. The second-order valence-corrected chi connectivity index (χ2v) is 9.36. The maximum atomic E-state index is 12.9. The number of alkyl halides is 1. The van der Waals surface area contributed by atoms with Crippen molar-refractivity contribution >= 4 is 29.3 Å². The Hall–Kier alpha value is -0.0900. The minimum atomic E-state index is -1.36. The van der Waals surface area contributed by atoms with E-state index in [0.717, 1.165) is 25.8 Å². The number of amides is 1. The Balaban J connectivity index is 2.09. The molecule has 2 saturated heterocycles. The zero-order valence-electron chi connectivity index (χ0n) is 16.4. The number of halogens is 1. The molecule has 27 heavy (non-hydrogen) atoms. The Morgan fingerprint density at radius 3 is 2.56 bits per heavy atom. The quantitative estimate of drug-likeness (QED) is 0.438. The molecule has 2 unspecified atom stereocenters. The van der Waals surface area contributed by atoms with Gasteiger partial charge in [-0.05, 0) is 39.0 Å². The second kappa shape index (κ2) is 10.1. The van der Waals surface area contributed by atoms with Crippen molar-refractivity contribution in [2.45, 2.75) is 80.4 Å². The van der Waals surface area contributed by atoms with Crippen LogP contribution in [-0.4, -0.2) is 93.3 Å². The van der Waals surface area contributed by atoms with Crippen molar-refractivity contribution in [1.29, 1.82) is 0 Å². The first-order valence-corrected chi connectivity index (χ1v) is 11.3. The molecule has 0 aromatic carbocycles. The lowest BCUT2D eigenvalue weighted by Crippen LogP contribution is -2.65. The number of nitrogens with one attached hydrogen (secondary N) is 1. The molecule has 2 rings (SSSR count). The van der Waals surface area contributed by atoms with Gasteiger partial charge in [-0.3, -0.25) is 9.69 Å². The normalized spacial score (nSPS) is 39.9. The number of rotatable bonds is 7. The summed E-state index contributed by atoms with van der Waals surface area (Å²) in [6.45, 7) is 4.74. The molecule has 0 aliphatic carbocycles. The third-order valence-corrected chi connectivity index (χ3v) is 6.76. The van der Waals surface area contributed by atoms with Gasteiger partial charge < -0.3 is 25.4 Å². The Bertz CT molecular complexity index is 498. The van der Waals surface area contributed by atoms with Gasteiger partial charge in [0.05, 0.1) is 17.5 Å². The highest BCUT2D eigenvalue weighted by Gasteiger charge is 2.48. The third kappa shape index (κ3) is 5.29. The third-order valence-electron chi connectivity index (χ3n) is 5.63. The van der Waals surface area contributed by atoms with Gasteiger partial charge in [0.25, 0.3) is 0 Å². The molecule has 0 bridgehead atoms. The summed E-state index contributed by atoms with van der Waals surface area (Å²) < 4.78 is 5.79. The lowest BCUT2D eigenvalue weighted by atomic mass is 9.92. The van der Waals surface area contributed by atoms with E-state index in [9.17, 15) is 20.1 Å². The van der Waals surface area contributed by atoms with Crippen molar-refractivity contribution in [3.8, 4) is 0 Å². The van der Waals surface area contributed by atoms with E-state index in [0.29, 0.717) is 5.92 Å². The summed E-state index contributed by atoms with van der Waals surface area (Å²) in [7, 11) is 1.94. The zero-order valence-corrected chi connectivity index (χ0v) is 18.0. The predicted molar refractivity (Wildman–Crippen MR) is 107 cm³/mol. The molecule has 0 aromatic rings. The second-order valence-electron chi connectivity index (χ2n) is 7.73. The average molecular weight is 425 g/mol. The van der Waals surface area contributed by atoms with Crippen molar-refractivity contribution < 1.29 is 24.9 Å². The zero-order chi connectivity index (χ0) is 20.3. The van der Waals surface area contributed by atoms with Gasteiger partial charge >= 0.3 is 0 Å². The van der Waals surface area contributed by atoms with E-state index < -0.39 is 41.3 Å². The number of likely N-dealkylation sites (tertiary alicyclic amines) is 1. The van der Waals surface area contributed by atoms with Crippen molar-refractivity contribution in [3.63, 3.8) is 0 Å². The molecule has 2 aliphatic heterocycles. The van der Waals surface area contributed by atoms with Gasteiger partial charge in [-0.25, -0.2) is 0 Å². The number of hydrogen-bond donors (Lipinski definition) is 4. The van der Waals surface area contributed by atoms with Crippen LogP contribution in [0.2, 0.25) is 0 Å². The van der Waals surface area contributed by atoms with E-state index in [1.807, 2.05) is 11.9 Å². The van der Waals surface area contributed by atoms with Crippen LogP contribution in [0.3, 0.4) is 0 Å². The van der Waals surface area contributed by atoms with Gasteiger partial charge in [-0.1, -0.05) is 13.3 Å². The number of hydrogen-bond acceptors (Lipinski definition) is 7. The summed E-state index contributed by atoms with van der Waals surface area (Å²) >= 11 is 7.55. The van der Waals surface area contributed by atoms with Crippen molar-refractivity contribution in [2.24, 2.45) is 5.92 Å². The van der Waals surface area contributed by atoms with Crippen LogP contribution in [-0.2, 0) is 9.53 Å². The van der Waals surface area contributed by atoms with E-state index in [1.54, 1.807) is 13.2 Å². The van der Waals surface area contributed by atoms with Crippen LogP contribution in [0, 0.1) is 5.92 Å². The fourth-order valence-electron chi connectivity index (χ4n) is 4.11. The molecule has 158 valence electrons. The van der Waals surface area contributed by atoms with Gasteiger partial charge in [-0.2, -0.15) is 0 Å². The molecular formula is C18H33ClN2O5S. The smallest absolute Gasteiger partial charge is 0.237 e. The molecule has 9 heteroatoms. The van der Waals surface area contributed by atoms with Crippen molar-refractivity contribution in [2.75, 3.05) is 19.8 Å². The Kier molecular flexibility index (Phi) is 8.67. The monoisotopic (exact) mass is 424 g/mol. The number of likely N-dealkylation sites (N-methyl/N-ethyl adjacent to an activating group) is 1. The predicted octanol–water partition coefficient (Wildman–Crippen LogP) is 0.390. The van der Waals surface area contributed by atoms with Gasteiger partial charge in [0.1, 0.15) is 29.9 Å². The molecule has 0 spiro atoms. The average Bonchev–Trinajstić information content (AvgIpc) is 2.99. The van der Waals surface area contributed by atoms with E-state index in [2.05, 4.69) is 12.2 Å². The first kappa shape index (κ1) is 23.2. The molecule has 4 N–H and O–H groups in total. The van der Waals surface area contributed by atoms with Gasteiger partial charge in [0.2, 0.25) is 5.91 Å². The number of carbonyl (C=O) groups is 1. The maximum Gasteiger partial charge on any atom is 0.237 e. The lowest BCUT2D eigenvalue weighted by Gasteiger charge is -2.44. The van der Waals surface area contributed by atoms with Crippen molar-refractivity contribution in [3.05, 3.63) is 0 Å². The van der Waals surface area contributed by atoms with Crippen LogP contribution in [0.25, 0.3) is 0 Å². The number of carbonyl (C=O) groups excluding carboxylic acids is 1. The van der Waals surface area contributed by atoms with Crippen molar-refractivity contribution in [1.82, 2.24) is 10.2 Å². The van der Waals surface area contributed by atoms with E-state index in [1.165, 1.54) is 11.8 Å². The van der Waals surface area contributed by atoms with Crippen LogP contribution in [0.4, 0.5) is 0 Å². The summed E-state index contributed by atoms with van der Waals surface area (Å²) in [6.07, 6.45) is -0.0980. The molecule has 0 saturated carbocycles. The number of nitrogens with zero attached hydrogens (tertiary/aromatic N) is 1. The molecule has 0 radical (unpaired) electrons. The van der Waals surface area contributed by atoms with Gasteiger partial charge in [0.15, 0.2) is 0 Å². The van der Waals surface area contributed by atoms with E-state index in [4.69, 9.17) is 16.3 Å². The largest absolute Gasteiger partial charge is 0.388 e. The highest BCUT2D eigenvalue weighted by atomic mass is 35.5. The van der Waals surface area contributed by atoms with Crippen LogP contribution in [0.15, 0.2) is 0 Å². The minimum absolute atomic E-state index is 0.147. The standard InChI is InChI=1S/C18H33ClN2O5S/c1-5-6-10-7-11(21(3)8-10)17(25)20-12(9(2)19)16-14(23)13(22)15(24)18(26-16)27-4/h9-16,18,22-24H,5-8H2,1-4H3,(H,20,25)/t9-,10+,11?,12+,13-,14+,15+,16?,18+/m0/s1. The number of thioether (sulfide) groups is 1. The highest BCUT2D eigenvalue weighted by molar-refractivity contribution is 7.99. The Morgan fingerprint density at radius 2 is 2.00 bits per heavy atom. The lowest BCUT2D eigenvalue weighted by molar-refractivity contribution is -0.205. The SMILES string of the molecule is CCC[C@@H]1CC(C(=O)N[C@@H](C2O[C@H](SC)[C@H](O)[C@@H](O)[C@H]2O)[C@H](C)Cl)N(C)C1. The molecule has 0 aromatic heterocycles. The first-order chi connectivity index (χ1) is 12.7. The van der Waals surface area contributed by atoms with Gasteiger partial charge in [0, 0.05) is 6.54 Å². The summed E-state index contributed by atoms with van der Waals surface area (Å²) in [4.78, 5) is 14.9. The van der Waals surface area contributed by atoms with Crippen LogP contribution < -0.4 is 5.32 Å². The molecule has 2 aliphatic rings. The minimum Gasteiger partial charge on any atom is -0.388 e. The van der Waals surface area contributed by atoms with Crippen LogP contribution in [0.1, 0.15) is 33.1 Å². The Labute approximate surface area is 170 Å². The molecule has 2 heterocycles. The van der Waals surface area contributed by atoms with Gasteiger partial charge in [-0.15, -0.1) is 23.4 Å². The summed E-state index contributed by atoms with van der Waals surface area (Å²) in [5.41, 5.74) is -0.702. The molecule has 9 atom stereocenters. The van der Waals surface area contributed by atoms with E-state index >= 15 is 0 Å². The fourth-order valence-corrected chi connectivity index (χ4v) is 5.00.